The maximum absolute atomic E-state index is 14.7. The van der Waals surface area contributed by atoms with Crippen molar-refractivity contribution in [2.75, 3.05) is 6.54 Å². The number of halogens is 2. The van der Waals surface area contributed by atoms with Crippen LogP contribution in [-0.4, -0.2) is 37.2 Å². The first-order chi connectivity index (χ1) is 16.4. The van der Waals surface area contributed by atoms with Gasteiger partial charge in [-0.05, 0) is 43.7 Å². The zero-order valence-corrected chi connectivity index (χ0v) is 19.1. The number of benzene rings is 1. The van der Waals surface area contributed by atoms with E-state index in [2.05, 4.69) is 25.5 Å². The fourth-order valence-electron chi connectivity index (χ4n) is 4.15. The number of aryl methyl sites for hydroxylation is 1. The van der Waals surface area contributed by atoms with E-state index in [1.165, 1.54) is 12.3 Å². The number of H-pyrrole nitrogens is 2. The predicted molar refractivity (Wildman–Crippen MR) is 129 cm³/mol. The summed E-state index contributed by atoms with van der Waals surface area (Å²) in [5.74, 6) is -0.920. The number of amides is 1. The molecule has 1 amide bonds. The van der Waals surface area contributed by atoms with E-state index in [-0.39, 0.29) is 29.1 Å². The predicted octanol–water partition coefficient (Wildman–Crippen LogP) is 4.17. The average molecular weight is 479 g/mol. The van der Waals surface area contributed by atoms with E-state index in [9.17, 15) is 14.0 Å². The lowest BCUT2D eigenvalue weighted by atomic mass is 10.1. The zero-order valence-electron chi connectivity index (χ0n) is 18.4. The van der Waals surface area contributed by atoms with E-state index in [1.54, 1.807) is 42.8 Å². The van der Waals surface area contributed by atoms with Gasteiger partial charge in [0.05, 0.1) is 34.0 Å². The van der Waals surface area contributed by atoms with Crippen molar-refractivity contribution in [3.63, 3.8) is 0 Å². The highest BCUT2D eigenvalue weighted by Gasteiger charge is 2.27. The maximum atomic E-state index is 14.7. The van der Waals surface area contributed by atoms with Crippen LogP contribution in [0.2, 0.25) is 5.02 Å². The van der Waals surface area contributed by atoms with Gasteiger partial charge in [0.25, 0.3) is 11.5 Å². The van der Waals surface area contributed by atoms with Crippen LogP contribution in [0.5, 0.6) is 0 Å². The summed E-state index contributed by atoms with van der Waals surface area (Å²) in [7, 11) is 0. The van der Waals surface area contributed by atoms with Crippen molar-refractivity contribution in [3.8, 4) is 11.1 Å². The van der Waals surface area contributed by atoms with Gasteiger partial charge in [-0.1, -0.05) is 11.6 Å². The molecule has 0 atom stereocenters. The second kappa shape index (κ2) is 8.42. The summed E-state index contributed by atoms with van der Waals surface area (Å²) >= 11 is 6.55. The Balaban J connectivity index is 1.86. The van der Waals surface area contributed by atoms with Crippen LogP contribution in [-0.2, 0) is 6.54 Å². The summed E-state index contributed by atoms with van der Waals surface area (Å²) in [6.45, 7) is 3.86. The summed E-state index contributed by atoms with van der Waals surface area (Å²) in [5, 5.41) is 11.0. The number of hydrogen-bond donors (Lipinski definition) is 3. The molecule has 0 bridgehead atoms. The maximum Gasteiger partial charge on any atom is 0.268 e. The number of rotatable bonds is 5. The average Bonchev–Trinajstić information content (AvgIpc) is 3.37. The third-order valence-corrected chi connectivity index (χ3v) is 6.09. The number of nitrogens with zero attached hydrogens (tertiary/aromatic N) is 3. The van der Waals surface area contributed by atoms with Crippen LogP contribution in [0.15, 0.2) is 47.5 Å². The van der Waals surface area contributed by atoms with E-state index >= 15 is 0 Å². The van der Waals surface area contributed by atoms with Crippen LogP contribution in [0.4, 0.5) is 4.39 Å². The number of hydrogen-bond acceptors (Lipinski definition) is 4. The number of carbonyl (C=O) groups is 1. The minimum atomic E-state index is -0.515. The van der Waals surface area contributed by atoms with Gasteiger partial charge in [-0.2, -0.15) is 5.10 Å². The van der Waals surface area contributed by atoms with Crippen LogP contribution in [0.1, 0.15) is 28.7 Å². The lowest BCUT2D eigenvalue weighted by molar-refractivity contribution is 0.0948. The van der Waals surface area contributed by atoms with Crippen molar-refractivity contribution in [1.29, 1.82) is 0 Å². The monoisotopic (exact) mass is 478 g/mol. The smallest absolute Gasteiger partial charge is 0.268 e. The van der Waals surface area contributed by atoms with Gasteiger partial charge in [0.15, 0.2) is 0 Å². The second-order valence-electron chi connectivity index (χ2n) is 7.91. The van der Waals surface area contributed by atoms with Gasteiger partial charge in [-0.25, -0.2) is 9.37 Å². The molecule has 0 saturated heterocycles. The Hall–Kier alpha value is -3.98. The topological polar surface area (TPSA) is 108 Å². The Morgan fingerprint density at radius 3 is 2.88 bits per heavy atom. The number of fused-ring (bicyclic) bond motifs is 2. The molecule has 0 unspecified atom stereocenters. The molecule has 0 aliphatic heterocycles. The Labute approximate surface area is 197 Å². The quantitative estimate of drug-likeness (QED) is 0.352. The molecular formula is C24H20ClFN6O2. The van der Waals surface area contributed by atoms with Gasteiger partial charge in [-0.3, -0.25) is 14.7 Å². The Kier molecular flexibility index (Phi) is 5.41. The molecule has 4 aromatic heterocycles. The summed E-state index contributed by atoms with van der Waals surface area (Å²) in [4.78, 5) is 33.2. The van der Waals surface area contributed by atoms with Gasteiger partial charge in [0, 0.05) is 41.3 Å². The summed E-state index contributed by atoms with van der Waals surface area (Å²) in [6.07, 6.45) is 3.18. The van der Waals surface area contributed by atoms with Crippen LogP contribution < -0.4 is 10.9 Å². The van der Waals surface area contributed by atoms with Crippen molar-refractivity contribution >= 4 is 39.4 Å². The standard InChI is InChI=1S/C24H20ClFN6O2/c1-3-27-24(34)22-20(15-5-4-6-28-23(15)33)21-19(9-17(26)12(2)30-21)32(22)11-14-7-13-10-29-31-18(13)8-16(14)25/h4-10H,3,11H2,1-2H3,(H,27,34)(H,28,33)(H,29,31). The minimum Gasteiger partial charge on any atom is -0.351 e. The van der Waals surface area contributed by atoms with E-state index < -0.39 is 11.7 Å². The zero-order chi connectivity index (χ0) is 24.0. The molecule has 34 heavy (non-hydrogen) atoms. The van der Waals surface area contributed by atoms with Crippen molar-refractivity contribution in [2.24, 2.45) is 0 Å². The number of pyridine rings is 2. The van der Waals surface area contributed by atoms with Crippen molar-refractivity contribution in [1.82, 2.24) is 30.0 Å². The van der Waals surface area contributed by atoms with Gasteiger partial charge in [-0.15, -0.1) is 0 Å². The largest absolute Gasteiger partial charge is 0.351 e. The number of carbonyl (C=O) groups excluding carboxylic acids is 1. The molecule has 5 rings (SSSR count). The fourth-order valence-corrected chi connectivity index (χ4v) is 4.37. The molecule has 4 heterocycles. The first-order valence-electron chi connectivity index (χ1n) is 10.7. The third kappa shape index (κ3) is 3.54. The molecule has 0 fully saturated rings. The molecule has 0 radical (unpaired) electrons. The van der Waals surface area contributed by atoms with Crippen molar-refractivity contribution in [3.05, 3.63) is 80.9 Å². The molecule has 0 aliphatic rings. The first-order valence-corrected chi connectivity index (χ1v) is 11.0. The number of nitrogens with one attached hydrogen (secondary N) is 3. The van der Waals surface area contributed by atoms with Gasteiger partial charge < -0.3 is 14.9 Å². The minimum absolute atomic E-state index is 0.151. The molecule has 10 heteroatoms. The Morgan fingerprint density at radius 1 is 1.29 bits per heavy atom. The van der Waals surface area contributed by atoms with E-state index in [0.717, 1.165) is 10.9 Å². The summed E-state index contributed by atoms with van der Waals surface area (Å²) < 4.78 is 16.4. The van der Waals surface area contributed by atoms with Crippen LogP contribution >= 0.6 is 11.6 Å². The molecule has 0 spiro atoms. The van der Waals surface area contributed by atoms with Crippen LogP contribution in [0, 0.1) is 12.7 Å². The summed E-state index contributed by atoms with van der Waals surface area (Å²) in [5.41, 5.74) is 2.81. The molecule has 0 aliphatic carbocycles. The molecule has 0 saturated carbocycles. The summed E-state index contributed by atoms with van der Waals surface area (Å²) in [6, 6.07) is 8.24. The van der Waals surface area contributed by atoms with Crippen LogP contribution in [0.3, 0.4) is 0 Å². The van der Waals surface area contributed by atoms with Gasteiger partial charge in [0.1, 0.15) is 11.5 Å². The molecule has 3 N–H and O–H groups in total. The molecule has 8 nitrogen and oxygen atoms in total. The molecular weight excluding hydrogens is 459 g/mol. The second-order valence-corrected chi connectivity index (χ2v) is 8.31. The third-order valence-electron chi connectivity index (χ3n) is 5.74. The van der Waals surface area contributed by atoms with E-state index in [4.69, 9.17) is 11.6 Å². The molecule has 172 valence electrons. The molecule has 5 aromatic rings. The van der Waals surface area contributed by atoms with Crippen molar-refractivity contribution in [2.45, 2.75) is 20.4 Å². The highest BCUT2D eigenvalue weighted by atomic mass is 35.5. The Bertz CT molecular complexity index is 1630. The Morgan fingerprint density at radius 2 is 2.12 bits per heavy atom. The van der Waals surface area contributed by atoms with E-state index in [1.807, 2.05) is 6.07 Å². The van der Waals surface area contributed by atoms with Crippen molar-refractivity contribution < 1.29 is 9.18 Å². The number of aromatic amines is 2. The SMILES string of the molecule is CCNC(=O)c1c(-c2ccc[nH]c2=O)c2nc(C)c(F)cc2n1Cc1cc2cn[nH]c2cc1Cl. The number of aromatic nitrogens is 5. The van der Waals surface area contributed by atoms with Gasteiger partial charge >= 0.3 is 0 Å². The lowest BCUT2D eigenvalue weighted by Crippen LogP contribution is -2.27. The van der Waals surface area contributed by atoms with Crippen LogP contribution in [0.25, 0.3) is 33.1 Å². The van der Waals surface area contributed by atoms with Gasteiger partial charge in [0.2, 0.25) is 0 Å². The first kappa shape index (κ1) is 21.8. The lowest BCUT2D eigenvalue weighted by Gasteiger charge is -2.13. The fraction of sp³-hybridized carbons (Fsp3) is 0.167. The normalized spacial score (nSPS) is 11.4. The van der Waals surface area contributed by atoms with E-state index in [0.29, 0.717) is 33.7 Å². The highest BCUT2D eigenvalue weighted by molar-refractivity contribution is 6.32. The highest BCUT2D eigenvalue weighted by Crippen LogP contribution is 2.35. The molecule has 1 aromatic carbocycles.